The zero-order chi connectivity index (χ0) is 15.8. The maximum absolute atomic E-state index is 12.3. The van der Waals surface area contributed by atoms with E-state index in [1.54, 1.807) is 11.8 Å². The van der Waals surface area contributed by atoms with E-state index in [9.17, 15) is 4.79 Å². The van der Waals surface area contributed by atoms with Crippen molar-refractivity contribution in [1.82, 2.24) is 9.55 Å². The van der Waals surface area contributed by atoms with Crippen LogP contribution in [0.1, 0.15) is 17.8 Å². The van der Waals surface area contributed by atoms with Crippen LogP contribution in [0.15, 0.2) is 58.2 Å². The molecule has 0 saturated heterocycles. The van der Waals surface area contributed by atoms with Gasteiger partial charge in [-0.3, -0.25) is 4.79 Å². The van der Waals surface area contributed by atoms with Crippen LogP contribution >= 0.6 is 11.8 Å². The summed E-state index contributed by atoms with van der Waals surface area (Å²) in [5.41, 5.74) is 3.11. The van der Waals surface area contributed by atoms with E-state index < -0.39 is 0 Å². The highest BCUT2D eigenvalue weighted by Gasteiger charge is 2.20. The van der Waals surface area contributed by atoms with Crippen molar-refractivity contribution in [2.75, 3.05) is 6.26 Å². The molecule has 3 aromatic rings. The van der Waals surface area contributed by atoms with Crippen molar-refractivity contribution in [3.63, 3.8) is 0 Å². The summed E-state index contributed by atoms with van der Waals surface area (Å²) in [5, 5.41) is 0.696. The second kappa shape index (κ2) is 5.70. The Morgan fingerprint density at radius 2 is 1.91 bits per heavy atom. The lowest BCUT2D eigenvalue weighted by Gasteiger charge is -2.07. The van der Waals surface area contributed by atoms with Crippen molar-refractivity contribution in [2.45, 2.75) is 17.9 Å². The molecule has 0 atom stereocenters. The third-order valence-corrected chi connectivity index (χ3v) is 4.98. The van der Waals surface area contributed by atoms with Gasteiger partial charge >= 0.3 is 0 Å². The van der Waals surface area contributed by atoms with Crippen LogP contribution in [-0.2, 0) is 6.54 Å². The molecular weight excluding hydrogens is 304 g/mol. The van der Waals surface area contributed by atoms with Crippen LogP contribution in [0.25, 0.3) is 22.6 Å². The van der Waals surface area contributed by atoms with Gasteiger partial charge in [0.15, 0.2) is 0 Å². The number of nitrogens with zero attached hydrogens (tertiary/aromatic N) is 2. The molecule has 0 spiro atoms. The fourth-order valence-corrected chi connectivity index (χ4v) is 3.48. The second-order valence-corrected chi connectivity index (χ2v) is 6.48. The number of hydrogen-bond donors (Lipinski definition) is 0. The predicted octanol–water partition coefficient (Wildman–Crippen LogP) is 4.06. The third-order valence-electron chi connectivity index (χ3n) is 4.24. The number of allylic oxidation sites excluding steroid dienone is 1. The molecule has 1 aromatic heterocycles. The summed E-state index contributed by atoms with van der Waals surface area (Å²) in [5.74, 6) is 0.808. The first kappa shape index (κ1) is 14.3. The molecule has 4 heteroatoms. The van der Waals surface area contributed by atoms with Crippen LogP contribution in [0, 0.1) is 0 Å². The Bertz CT molecular complexity index is 971. The molecule has 0 radical (unpaired) electrons. The number of aromatic nitrogens is 2. The van der Waals surface area contributed by atoms with E-state index in [4.69, 9.17) is 0 Å². The number of benzene rings is 2. The average Bonchev–Trinajstić information content (AvgIpc) is 2.99. The number of thioether (sulfide) groups is 1. The molecule has 0 unspecified atom stereocenters. The highest BCUT2D eigenvalue weighted by atomic mass is 32.2. The molecule has 2 heterocycles. The number of rotatable bonds is 2. The smallest absolute Gasteiger partial charge is 0.281 e. The molecule has 0 bridgehead atoms. The van der Waals surface area contributed by atoms with Gasteiger partial charge in [-0.25, -0.2) is 0 Å². The largest absolute Gasteiger partial charge is 0.325 e. The van der Waals surface area contributed by atoms with Crippen molar-refractivity contribution >= 4 is 34.3 Å². The van der Waals surface area contributed by atoms with Crippen LogP contribution in [0.4, 0.5) is 0 Å². The summed E-state index contributed by atoms with van der Waals surface area (Å²) in [6, 6.07) is 16.2. The number of para-hydroxylation sites is 1. The van der Waals surface area contributed by atoms with Crippen molar-refractivity contribution < 1.29 is 0 Å². The van der Waals surface area contributed by atoms with Crippen LogP contribution < -0.4 is 5.56 Å². The second-order valence-electron chi connectivity index (χ2n) is 5.60. The summed E-state index contributed by atoms with van der Waals surface area (Å²) in [7, 11) is 0. The predicted molar refractivity (Wildman–Crippen MR) is 96.7 cm³/mol. The lowest BCUT2D eigenvalue weighted by Crippen LogP contribution is -2.14. The monoisotopic (exact) mass is 320 g/mol. The van der Waals surface area contributed by atoms with Gasteiger partial charge in [0.05, 0.1) is 10.9 Å². The summed E-state index contributed by atoms with van der Waals surface area (Å²) >= 11 is 1.73. The first-order valence-electron chi connectivity index (χ1n) is 7.61. The van der Waals surface area contributed by atoms with Crippen LogP contribution in [0.5, 0.6) is 0 Å². The zero-order valence-electron chi connectivity index (χ0n) is 12.8. The molecule has 1 aliphatic rings. The standard InChI is InChI=1S/C19H16N2OS/c1-23-15-8-6-13(7-9-15)12-14-10-11-21-17-5-3-2-4-16(17)19(22)20-18(14)21/h2-9,12H,10-11H2,1H3/b14-12+. The average molecular weight is 320 g/mol. The molecule has 4 rings (SSSR count). The summed E-state index contributed by atoms with van der Waals surface area (Å²) in [6.45, 7) is 0.873. The molecular formula is C19H16N2OS. The summed E-state index contributed by atoms with van der Waals surface area (Å²) in [6.07, 6.45) is 5.12. The van der Waals surface area contributed by atoms with Gasteiger partial charge in [-0.15, -0.1) is 11.8 Å². The highest BCUT2D eigenvalue weighted by Crippen LogP contribution is 2.29. The van der Waals surface area contributed by atoms with Crippen LogP contribution in [0.3, 0.4) is 0 Å². The van der Waals surface area contributed by atoms with E-state index in [0.29, 0.717) is 5.39 Å². The topological polar surface area (TPSA) is 34.9 Å². The first-order valence-corrected chi connectivity index (χ1v) is 8.83. The molecule has 0 aliphatic carbocycles. The van der Waals surface area contributed by atoms with Gasteiger partial charge < -0.3 is 4.57 Å². The third kappa shape index (κ3) is 2.49. The minimum Gasteiger partial charge on any atom is -0.325 e. The molecule has 0 N–H and O–H groups in total. The van der Waals surface area contributed by atoms with Crippen molar-refractivity contribution in [2.24, 2.45) is 0 Å². The zero-order valence-corrected chi connectivity index (χ0v) is 13.6. The van der Waals surface area contributed by atoms with E-state index in [2.05, 4.69) is 46.1 Å². The van der Waals surface area contributed by atoms with Gasteiger partial charge in [0.25, 0.3) is 5.56 Å². The number of aryl methyl sites for hydroxylation is 1. The molecule has 3 nitrogen and oxygen atoms in total. The molecule has 0 fully saturated rings. The molecule has 2 aromatic carbocycles. The minimum atomic E-state index is -0.141. The van der Waals surface area contributed by atoms with Crippen molar-refractivity contribution in [1.29, 1.82) is 0 Å². The van der Waals surface area contributed by atoms with Crippen LogP contribution in [-0.4, -0.2) is 15.8 Å². The van der Waals surface area contributed by atoms with Crippen molar-refractivity contribution in [3.05, 3.63) is 70.3 Å². The van der Waals surface area contributed by atoms with Gasteiger partial charge in [0.2, 0.25) is 0 Å². The van der Waals surface area contributed by atoms with Crippen molar-refractivity contribution in [3.8, 4) is 0 Å². The van der Waals surface area contributed by atoms with E-state index in [-0.39, 0.29) is 5.56 Å². The maximum Gasteiger partial charge on any atom is 0.281 e. The highest BCUT2D eigenvalue weighted by molar-refractivity contribution is 7.98. The Morgan fingerprint density at radius 3 is 2.70 bits per heavy atom. The Kier molecular flexibility index (Phi) is 3.54. The lowest BCUT2D eigenvalue weighted by molar-refractivity contribution is 0.772. The van der Waals surface area contributed by atoms with E-state index in [1.165, 1.54) is 4.90 Å². The fourth-order valence-electron chi connectivity index (χ4n) is 3.07. The van der Waals surface area contributed by atoms with Gasteiger partial charge in [-0.05, 0) is 54.2 Å². The number of fused-ring (bicyclic) bond motifs is 3. The van der Waals surface area contributed by atoms with Gasteiger partial charge in [0.1, 0.15) is 5.82 Å². The Hall–Kier alpha value is -2.33. The quantitative estimate of drug-likeness (QED) is 0.668. The Balaban J connectivity index is 1.83. The van der Waals surface area contributed by atoms with E-state index in [1.807, 2.05) is 24.3 Å². The minimum absolute atomic E-state index is 0.141. The molecule has 0 amide bonds. The van der Waals surface area contributed by atoms with E-state index in [0.717, 1.165) is 35.4 Å². The summed E-state index contributed by atoms with van der Waals surface area (Å²) < 4.78 is 2.15. The lowest BCUT2D eigenvalue weighted by atomic mass is 10.1. The Morgan fingerprint density at radius 1 is 1.13 bits per heavy atom. The van der Waals surface area contributed by atoms with Gasteiger partial charge in [-0.1, -0.05) is 24.3 Å². The molecule has 114 valence electrons. The fraction of sp³-hybridized carbons (Fsp3) is 0.158. The maximum atomic E-state index is 12.3. The SMILES string of the molecule is CSc1ccc(/C=C2\CCn3c2nc(=O)c2ccccc23)cc1. The first-order chi connectivity index (χ1) is 11.3. The molecule has 1 aliphatic heterocycles. The van der Waals surface area contributed by atoms with Crippen LogP contribution in [0.2, 0.25) is 0 Å². The van der Waals surface area contributed by atoms with E-state index >= 15 is 0 Å². The normalized spacial score (nSPS) is 15.3. The van der Waals surface area contributed by atoms with Gasteiger partial charge in [-0.2, -0.15) is 4.98 Å². The van der Waals surface area contributed by atoms with Gasteiger partial charge in [0, 0.05) is 11.4 Å². The summed E-state index contributed by atoms with van der Waals surface area (Å²) in [4.78, 5) is 17.8. The number of hydrogen-bond acceptors (Lipinski definition) is 3. The Labute approximate surface area is 138 Å². The molecule has 23 heavy (non-hydrogen) atoms. The molecule has 0 saturated carbocycles.